The Kier molecular flexibility index (Phi) is 6.92. The van der Waals surface area contributed by atoms with Gasteiger partial charge in [0, 0.05) is 0 Å². The lowest BCUT2D eigenvalue weighted by molar-refractivity contribution is 0.0460. The highest BCUT2D eigenvalue weighted by molar-refractivity contribution is 6.04. The Balaban J connectivity index is 2.79. The van der Waals surface area contributed by atoms with Gasteiger partial charge in [0.05, 0.1) is 24.3 Å². The number of esters is 2. The van der Waals surface area contributed by atoms with Crippen LogP contribution in [0, 0.1) is 12.8 Å². The molecule has 0 atom stereocenters. The van der Waals surface area contributed by atoms with E-state index >= 15 is 0 Å². The molecule has 21 heavy (non-hydrogen) atoms. The van der Waals surface area contributed by atoms with Gasteiger partial charge in [-0.05, 0) is 44.2 Å². The molecule has 0 saturated heterocycles. The van der Waals surface area contributed by atoms with Crippen molar-refractivity contribution in [1.29, 1.82) is 0 Å². The molecule has 0 radical (unpaired) electrons. The molecule has 4 nitrogen and oxygen atoms in total. The number of benzene rings is 1. The first-order valence-corrected chi connectivity index (χ1v) is 7.41. The first kappa shape index (κ1) is 17.2. The highest BCUT2D eigenvalue weighted by Crippen LogP contribution is 2.17. The van der Waals surface area contributed by atoms with Gasteiger partial charge in [0.25, 0.3) is 0 Å². The largest absolute Gasteiger partial charge is 0.462 e. The number of hydrogen-bond donors (Lipinski definition) is 0. The van der Waals surface area contributed by atoms with Crippen LogP contribution in [0.1, 0.15) is 59.9 Å². The van der Waals surface area contributed by atoms with Crippen LogP contribution >= 0.6 is 0 Å². The number of rotatable bonds is 7. The summed E-state index contributed by atoms with van der Waals surface area (Å²) in [6.07, 6.45) is 1.83. The lowest BCUT2D eigenvalue weighted by Crippen LogP contribution is -2.16. The van der Waals surface area contributed by atoms with E-state index < -0.39 is 11.9 Å². The SMILES string of the molecule is CCOC(=O)c1c(C)cccc1C(=O)OCCCC(C)C. The van der Waals surface area contributed by atoms with E-state index in [-0.39, 0.29) is 12.2 Å². The summed E-state index contributed by atoms with van der Waals surface area (Å²) in [5, 5.41) is 0. The van der Waals surface area contributed by atoms with Crippen molar-refractivity contribution in [3.8, 4) is 0 Å². The molecule has 1 aromatic carbocycles. The molecule has 0 heterocycles. The second-order valence-electron chi connectivity index (χ2n) is 5.39. The molecule has 0 spiro atoms. The van der Waals surface area contributed by atoms with Crippen molar-refractivity contribution in [3.05, 3.63) is 34.9 Å². The van der Waals surface area contributed by atoms with Crippen LogP contribution in [0.4, 0.5) is 0 Å². The number of carbonyl (C=O) groups is 2. The second kappa shape index (κ2) is 8.45. The highest BCUT2D eigenvalue weighted by Gasteiger charge is 2.21. The summed E-state index contributed by atoms with van der Waals surface area (Å²) in [4.78, 5) is 24.1. The molecule has 1 aromatic rings. The minimum atomic E-state index is -0.482. The van der Waals surface area contributed by atoms with E-state index in [0.717, 1.165) is 12.8 Å². The summed E-state index contributed by atoms with van der Waals surface area (Å²) >= 11 is 0. The topological polar surface area (TPSA) is 52.6 Å². The van der Waals surface area contributed by atoms with Crippen molar-refractivity contribution in [2.75, 3.05) is 13.2 Å². The smallest absolute Gasteiger partial charge is 0.339 e. The first-order chi connectivity index (χ1) is 9.97. The van der Waals surface area contributed by atoms with Crippen molar-refractivity contribution >= 4 is 11.9 Å². The van der Waals surface area contributed by atoms with Gasteiger partial charge in [-0.25, -0.2) is 9.59 Å². The third-order valence-corrected chi connectivity index (χ3v) is 3.13. The lowest BCUT2D eigenvalue weighted by Gasteiger charge is -2.11. The van der Waals surface area contributed by atoms with E-state index in [0.29, 0.717) is 23.7 Å². The van der Waals surface area contributed by atoms with Crippen molar-refractivity contribution in [3.63, 3.8) is 0 Å². The normalized spacial score (nSPS) is 10.5. The minimum Gasteiger partial charge on any atom is -0.462 e. The maximum Gasteiger partial charge on any atom is 0.339 e. The molecule has 1 rings (SSSR count). The molecule has 0 amide bonds. The predicted molar refractivity (Wildman–Crippen MR) is 81.5 cm³/mol. The Bertz CT molecular complexity index is 492. The summed E-state index contributed by atoms with van der Waals surface area (Å²) in [5.74, 6) is -0.368. The molecule has 116 valence electrons. The molecule has 0 aliphatic rings. The van der Waals surface area contributed by atoms with Gasteiger partial charge in [-0.3, -0.25) is 0 Å². The molecule has 4 heteroatoms. The maximum atomic E-state index is 12.1. The van der Waals surface area contributed by atoms with E-state index in [4.69, 9.17) is 9.47 Å². The molecule has 0 saturated carbocycles. The van der Waals surface area contributed by atoms with Crippen LogP contribution in [0.25, 0.3) is 0 Å². The maximum absolute atomic E-state index is 12.1. The van der Waals surface area contributed by atoms with E-state index in [1.54, 1.807) is 32.0 Å². The highest BCUT2D eigenvalue weighted by atomic mass is 16.5. The second-order valence-corrected chi connectivity index (χ2v) is 5.39. The van der Waals surface area contributed by atoms with Gasteiger partial charge < -0.3 is 9.47 Å². The summed E-state index contributed by atoms with van der Waals surface area (Å²) in [5.41, 5.74) is 1.29. The minimum absolute atomic E-state index is 0.274. The predicted octanol–water partition coefficient (Wildman–Crippen LogP) is 3.76. The van der Waals surface area contributed by atoms with Crippen molar-refractivity contribution < 1.29 is 19.1 Å². The van der Waals surface area contributed by atoms with E-state index in [9.17, 15) is 9.59 Å². The molecule has 0 bridgehead atoms. The van der Waals surface area contributed by atoms with Gasteiger partial charge in [0.15, 0.2) is 0 Å². The monoisotopic (exact) mass is 292 g/mol. The van der Waals surface area contributed by atoms with Gasteiger partial charge in [-0.2, -0.15) is 0 Å². The zero-order chi connectivity index (χ0) is 15.8. The van der Waals surface area contributed by atoms with Gasteiger partial charge in [0.1, 0.15) is 0 Å². The Morgan fingerprint density at radius 2 is 1.86 bits per heavy atom. The van der Waals surface area contributed by atoms with E-state index in [1.165, 1.54) is 0 Å². The molecule has 0 aliphatic carbocycles. The Hall–Kier alpha value is -1.84. The summed E-state index contributed by atoms with van der Waals surface area (Å²) < 4.78 is 10.3. The summed E-state index contributed by atoms with van der Waals surface area (Å²) in [6, 6.07) is 5.12. The number of aryl methyl sites for hydroxylation is 1. The summed E-state index contributed by atoms with van der Waals surface area (Å²) in [6.45, 7) is 8.41. The van der Waals surface area contributed by atoms with Crippen molar-refractivity contribution in [2.45, 2.75) is 40.5 Å². The third-order valence-electron chi connectivity index (χ3n) is 3.13. The van der Waals surface area contributed by atoms with Crippen LogP contribution < -0.4 is 0 Å². The molecule has 0 aromatic heterocycles. The van der Waals surface area contributed by atoms with Gasteiger partial charge in [-0.15, -0.1) is 0 Å². The van der Waals surface area contributed by atoms with Crippen molar-refractivity contribution in [2.24, 2.45) is 5.92 Å². The van der Waals surface area contributed by atoms with Crippen LogP contribution in [0.2, 0.25) is 0 Å². The quantitative estimate of drug-likeness (QED) is 0.567. The first-order valence-electron chi connectivity index (χ1n) is 7.41. The molecule has 0 N–H and O–H groups in total. The molecular formula is C17H24O4. The van der Waals surface area contributed by atoms with Crippen LogP contribution in [-0.2, 0) is 9.47 Å². The Morgan fingerprint density at radius 1 is 1.14 bits per heavy atom. The van der Waals surface area contributed by atoms with E-state index in [1.807, 2.05) is 0 Å². The molecule has 0 aliphatic heterocycles. The average Bonchev–Trinajstić information content (AvgIpc) is 2.43. The van der Waals surface area contributed by atoms with Crippen LogP contribution in [0.5, 0.6) is 0 Å². The summed E-state index contributed by atoms with van der Waals surface area (Å²) in [7, 11) is 0. The molecule has 0 fully saturated rings. The third kappa shape index (κ3) is 5.21. The van der Waals surface area contributed by atoms with Crippen LogP contribution in [-0.4, -0.2) is 25.2 Å². The van der Waals surface area contributed by atoms with Crippen molar-refractivity contribution in [1.82, 2.24) is 0 Å². The molecular weight excluding hydrogens is 268 g/mol. The Labute approximate surface area is 126 Å². The zero-order valence-corrected chi connectivity index (χ0v) is 13.3. The lowest BCUT2D eigenvalue weighted by atomic mass is 10.0. The fourth-order valence-electron chi connectivity index (χ4n) is 2.05. The standard InChI is InChI=1S/C17H24O4/c1-5-20-17(19)15-13(4)9-6-10-14(15)16(18)21-11-7-8-12(2)3/h6,9-10,12H,5,7-8,11H2,1-4H3. The Morgan fingerprint density at radius 3 is 2.48 bits per heavy atom. The average molecular weight is 292 g/mol. The fraction of sp³-hybridized carbons (Fsp3) is 0.529. The van der Waals surface area contributed by atoms with Gasteiger partial charge in [-0.1, -0.05) is 26.0 Å². The van der Waals surface area contributed by atoms with Crippen LogP contribution in [0.15, 0.2) is 18.2 Å². The van der Waals surface area contributed by atoms with Gasteiger partial charge >= 0.3 is 11.9 Å². The molecule has 0 unspecified atom stereocenters. The number of carbonyl (C=O) groups excluding carboxylic acids is 2. The fourth-order valence-corrected chi connectivity index (χ4v) is 2.05. The van der Waals surface area contributed by atoms with Crippen LogP contribution in [0.3, 0.4) is 0 Å². The number of ether oxygens (including phenoxy) is 2. The van der Waals surface area contributed by atoms with Gasteiger partial charge in [0.2, 0.25) is 0 Å². The zero-order valence-electron chi connectivity index (χ0n) is 13.3. The number of hydrogen-bond acceptors (Lipinski definition) is 4. The van der Waals surface area contributed by atoms with E-state index in [2.05, 4.69) is 13.8 Å².